The molecule has 2 nitrogen and oxygen atoms in total. The quantitative estimate of drug-likeness (QED) is 0.478. The van der Waals surface area contributed by atoms with Crippen molar-refractivity contribution < 1.29 is 4.79 Å². The SMILES string of the molecule is CC1CC1C1CCC2(N)CCC3(C)C(CCC4C5(C)CCC(=O)C(C)(C)C5CCC43C)C12. The van der Waals surface area contributed by atoms with Crippen LogP contribution >= 0.6 is 0 Å². The van der Waals surface area contributed by atoms with Crippen molar-refractivity contribution in [1.29, 1.82) is 0 Å². The van der Waals surface area contributed by atoms with Crippen molar-refractivity contribution in [2.45, 2.75) is 118 Å². The Morgan fingerprint density at radius 1 is 0.781 bits per heavy atom. The van der Waals surface area contributed by atoms with Crippen molar-refractivity contribution in [2.75, 3.05) is 0 Å². The highest BCUT2D eigenvalue weighted by Gasteiger charge is 2.71. The molecule has 0 aliphatic heterocycles. The number of carbonyl (C=O) groups is 1. The van der Waals surface area contributed by atoms with Crippen LogP contribution in [0.3, 0.4) is 0 Å². The first-order valence-corrected chi connectivity index (χ1v) is 14.2. The van der Waals surface area contributed by atoms with Crippen molar-refractivity contribution in [1.82, 2.24) is 0 Å². The van der Waals surface area contributed by atoms with Crippen molar-refractivity contribution in [2.24, 2.45) is 68.8 Å². The van der Waals surface area contributed by atoms with Gasteiger partial charge in [-0.25, -0.2) is 0 Å². The summed E-state index contributed by atoms with van der Waals surface area (Å²) < 4.78 is 0. The van der Waals surface area contributed by atoms with Gasteiger partial charge in [0.25, 0.3) is 0 Å². The van der Waals surface area contributed by atoms with Crippen LogP contribution in [0.5, 0.6) is 0 Å². The van der Waals surface area contributed by atoms with E-state index in [-0.39, 0.29) is 11.0 Å². The molecule has 0 saturated heterocycles. The predicted octanol–water partition coefficient (Wildman–Crippen LogP) is 7.00. The fourth-order valence-electron chi connectivity index (χ4n) is 11.9. The summed E-state index contributed by atoms with van der Waals surface area (Å²) in [6.45, 7) is 15.1. The monoisotopic (exact) mass is 439 g/mol. The van der Waals surface area contributed by atoms with Crippen LogP contribution in [0.1, 0.15) is 112 Å². The van der Waals surface area contributed by atoms with Gasteiger partial charge in [-0.15, -0.1) is 0 Å². The van der Waals surface area contributed by atoms with Gasteiger partial charge in [-0.05, 0) is 122 Å². The van der Waals surface area contributed by atoms with Crippen LogP contribution in [0.25, 0.3) is 0 Å². The van der Waals surface area contributed by atoms with E-state index in [1.807, 2.05) is 0 Å². The second kappa shape index (κ2) is 6.44. The van der Waals surface area contributed by atoms with Crippen LogP contribution in [-0.2, 0) is 4.79 Å². The normalized spacial score (nSPS) is 60.7. The number of Topliss-reactive ketones (excluding diaryl/α,β-unsaturated/α-hetero) is 1. The van der Waals surface area contributed by atoms with E-state index in [1.54, 1.807) is 0 Å². The largest absolute Gasteiger partial charge is 0.325 e. The number of hydrogen-bond acceptors (Lipinski definition) is 2. The van der Waals surface area contributed by atoms with E-state index in [1.165, 1.54) is 57.8 Å². The summed E-state index contributed by atoms with van der Waals surface area (Å²) in [4.78, 5) is 12.9. The molecule has 0 radical (unpaired) electrons. The van der Waals surface area contributed by atoms with E-state index in [9.17, 15) is 4.79 Å². The zero-order valence-electron chi connectivity index (χ0n) is 21.8. The summed E-state index contributed by atoms with van der Waals surface area (Å²) in [5.74, 6) is 6.27. The summed E-state index contributed by atoms with van der Waals surface area (Å²) in [5.41, 5.74) is 8.43. The number of fused-ring (bicyclic) bond motifs is 7. The van der Waals surface area contributed by atoms with Gasteiger partial charge in [0.05, 0.1) is 0 Å². The molecule has 6 aliphatic rings. The third kappa shape index (κ3) is 2.50. The number of carbonyl (C=O) groups excluding carboxylic acids is 1. The van der Waals surface area contributed by atoms with Gasteiger partial charge < -0.3 is 5.73 Å². The van der Waals surface area contributed by atoms with E-state index < -0.39 is 0 Å². The molecule has 6 fully saturated rings. The van der Waals surface area contributed by atoms with Crippen molar-refractivity contribution in [3.63, 3.8) is 0 Å². The second-order valence-corrected chi connectivity index (χ2v) is 15.2. The lowest BCUT2D eigenvalue weighted by molar-refractivity contribution is -0.228. The highest BCUT2D eigenvalue weighted by molar-refractivity contribution is 5.85. The summed E-state index contributed by atoms with van der Waals surface area (Å²) >= 11 is 0. The molecule has 0 bridgehead atoms. The Morgan fingerprint density at radius 2 is 1.50 bits per heavy atom. The molecule has 6 rings (SSSR count). The van der Waals surface area contributed by atoms with E-state index in [0.717, 1.165) is 48.3 Å². The van der Waals surface area contributed by atoms with E-state index in [2.05, 4.69) is 41.5 Å². The molecule has 6 aliphatic carbocycles. The number of rotatable bonds is 1. The van der Waals surface area contributed by atoms with Gasteiger partial charge in [-0.3, -0.25) is 4.79 Å². The third-order valence-corrected chi connectivity index (χ3v) is 14.0. The van der Waals surface area contributed by atoms with Crippen LogP contribution < -0.4 is 5.73 Å². The molecule has 0 spiro atoms. The van der Waals surface area contributed by atoms with E-state index >= 15 is 0 Å². The molecule has 0 aromatic rings. The summed E-state index contributed by atoms with van der Waals surface area (Å²) in [5, 5.41) is 0. The maximum atomic E-state index is 12.9. The van der Waals surface area contributed by atoms with Gasteiger partial charge in [0.1, 0.15) is 5.78 Å². The predicted molar refractivity (Wildman–Crippen MR) is 131 cm³/mol. The Kier molecular flexibility index (Phi) is 4.45. The zero-order valence-corrected chi connectivity index (χ0v) is 21.8. The van der Waals surface area contributed by atoms with Gasteiger partial charge in [-0.1, -0.05) is 41.5 Å². The number of nitrogens with two attached hydrogens (primary N) is 1. The molecular formula is C30H49NO. The Balaban J connectivity index is 1.38. The Hall–Kier alpha value is -0.370. The van der Waals surface area contributed by atoms with Crippen LogP contribution in [0, 0.1) is 63.1 Å². The molecule has 0 amide bonds. The molecule has 2 N–H and O–H groups in total. The maximum Gasteiger partial charge on any atom is 0.138 e. The lowest BCUT2D eigenvalue weighted by Crippen LogP contribution is -2.68. The van der Waals surface area contributed by atoms with Crippen LogP contribution in [0.2, 0.25) is 0 Å². The highest BCUT2D eigenvalue weighted by atomic mass is 16.1. The van der Waals surface area contributed by atoms with Gasteiger partial charge in [0, 0.05) is 17.4 Å². The van der Waals surface area contributed by atoms with Crippen LogP contribution in [0.4, 0.5) is 0 Å². The van der Waals surface area contributed by atoms with Crippen molar-refractivity contribution in [3.05, 3.63) is 0 Å². The Morgan fingerprint density at radius 3 is 2.19 bits per heavy atom. The molecule has 32 heavy (non-hydrogen) atoms. The lowest BCUT2D eigenvalue weighted by atomic mass is 9.33. The minimum atomic E-state index is -0.135. The van der Waals surface area contributed by atoms with Crippen LogP contribution in [-0.4, -0.2) is 11.3 Å². The lowest BCUT2D eigenvalue weighted by Gasteiger charge is -2.72. The van der Waals surface area contributed by atoms with Crippen LogP contribution in [0.15, 0.2) is 0 Å². The molecule has 0 aromatic carbocycles. The van der Waals surface area contributed by atoms with E-state index in [0.29, 0.717) is 27.9 Å². The average Bonchev–Trinajstić information content (AvgIpc) is 3.34. The van der Waals surface area contributed by atoms with E-state index in [4.69, 9.17) is 5.73 Å². The molecule has 11 unspecified atom stereocenters. The fourth-order valence-corrected chi connectivity index (χ4v) is 11.9. The first-order valence-electron chi connectivity index (χ1n) is 14.2. The fraction of sp³-hybridized carbons (Fsp3) is 0.967. The highest BCUT2D eigenvalue weighted by Crippen LogP contribution is 2.76. The first-order chi connectivity index (χ1) is 14.9. The minimum Gasteiger partial charge on any atom is -0.325 e. The smallest absolute Gasteiger partial charge is 0.138 e. The van der Waals surface area contributed by atoms with Gasteiger partial charge in [-0.2, -0.15) is 0 Å². The maximum absolute atomic E-state index is 12.9. The molecule has 180 valence electrons. The average molecular weight is 440 g/mol. The Bertz CT molecular complexity index is 833. The minimum absolute atomic E-state index is 0.126. The van der Waals surface area contributed by atoms with Gasteiger partial charge in [0.2, 0.25) is 0 Å². The van der Waals surface area contributed by atoms with Crippen molar-refractivity contribution >= 4 is 5.78 Å². The standard InChI is InChI=1S/C30H49NO/c1-18-17-20(18)19-9-14-30(31)16-15-28(5)21(25(19)30)7-8-23-27(4)12-11-24(32)26(2,3)22(27)10-13-29(23,28)6/h18-23,25H,7-17,31H2,1-6H3. The number of hydrogen-bond donors (Lipinski definition) is 1. The molecule has 0 aromatic heterocycles. The van der Waals surface area contributed by atoms with Gasteiger partial charge in [0.15, 0.2) is 0 Å². The summed E-state index contributed by atoms with van der Waals surface area (Å²) in [6.07, 6.45) is 14.1. The molecule has 11 atom stereocenters. The second-order valence-electron chi connectivity index (χ2n) is 15.2. The molecular weight excluding hydrogens is 390 g/mol. The molecule has 2 heteroatoms. The first kappa shape index (κ1) is 22.1. The van der Waals surface area contributed by atoms with Crippen molar-refractivity contribution in [3.8, 4) is 0 Å². The zero-order chi connectivity index (χ0) is 22.9. The summed E-state index contributed by atoms with van der Waals surface area (Å²) in [6, 6.07) is 0. The number of ketones is 1. The third-order valence-electron chi connectivity index (χ3n) is 14.0. The topological polar surface area (TPSA) is 43.1 Å². The van der Waals surface area contributed by atoms with Gasteiger partial charge >= 0.3 is 0 Å². The molecule has 6 saturated carbocycles. The summed E-state index contributed by atoms with van der Waals surface area (Å²) in [7, 11) is 0. The Labute approximate surface area is 197 Å². The molecule has 0 heterocycles.